The first-order valence-corrected chi connectivity index (χ1v) is 15.4. The van der Waals surface area contributed by atoms with E-state index < -0.39 is 0 Å². The Morgan fingerprint density at radius 1 is 0.805 bits per heavy atom. The molecule has 0 aliphatic rings. The number of aryl methyl sites for hydroxylation is 1. The van der Waals surface area contributed by atoms with E-state index in [4.69, 9.17) is 4.74 Å². The molecule has 0 spiro atoms. The van der Waals surface area contributed by atoms with Crippen LogP contribution in [0.25, 0.3) is 0 Å². The predicted molar refractivity (Wildman–Crippen MR) is 167 cm³/mol. The number of pyridine rings is 1. The average Bonchev–Trinajstić information content (AvgIpc) is 2.95. The summed E-state index contributed by atoms with van der Waals surface area (Å²) in [5.74, 6) is 0.937. The number of carbonyl (C=O) groups is 1. The van der Waals surface area contributed by atoms with Crippen molar-refractivity contribution < 1.29 is 38.1 Å². The maximum atomic E-state index is 13.7. The highest BCUT2D eigenvalue weighted by Crippen LogP contribution is 2.33. The third-order valence-corrected chi connectivity index (χ3v) is 7.54. The van der Waals surface area contributed by atoms with Crippen LogP contribution in [0.15, 0.2) is 72.9 Å². The largest absolute Gasteiger partial charge is 1.00 e. The Kier molecular flexibility index (Phi) is 15.4. The number of nitrogens with zero attached hydrogens (tertiary/aromatic N) is 2. The lowest BCUT2D eigenvalue weighted by Gasteiger charge is -2.26. The molecule has 0 N–H and O–H groups in total. The number of para-hydroxylation sites is 1. The normalized spacial score (nSPS) is 11.1. The Morgan fingerprint density at radius 3 is 2.02 bits per heavy atom. The predicted octanol–water partition coefficient (Wildman–Crippen LogP) is 5.96. The Morgan fingerprint density at radius 2 is 1.41 bits per heavy atom. The number of amides is 1. The molecule has 41 heavy (non-hydrogen) atoms. The van der Waals surface area contributed by atoms with Crippen LogP contribution in [-0.2, 0) is 19.0 Å². The minimum Gasteiger partial charge on any atom is -1.00 e. The van der Waals surface area contributed by atoms with Crippen LogP contribution in [0.3, 0.4) is 0 Å². The third kappa shape index (κ3) is 11.4. The average molecular weight is 671 g/mol. The number of halogens is 1. The molecule has 0 radical (unpaired) electrons. The van der Waals surface area contributed by atoms with Gasteiger partial charge in [-0.2, -0.15) is 4.57 Å². The number of aromatic nitrogens is 1. The quantitative estimate of drug-likeness (QED) is 0.107. The van der Waals surface area contributed by atoms with Gasteiger partial charge >= 0.3 is 5.91 Å². The molecule has 0 fully saturated rings. The molecule has 0 atom stereocenters. The Bertz CT molecular complexity index is 1170. The van der Waals surface area contributed by atoms with E-state index in [-0.39, 0.29) is 35.3 Å². The zero-order valence-electron chi connectivity index (χ0n) is 26.0. The van der Waals surface area contributed by atoms with Gasteiger partial charge in [0.25, 0.3) is 5.69 Å². The lowest BCUT2D eigenvalue weighted by atomic mass is 9.85. The molecule has 3 aromatic rings. The van der Waals surface area contributed by atoms with Crippen LogP contribution in [0.5, 0.6) is 5.75 Å². The second-order valence-corrected chi connectivity index (χ2v) is 12.0. The SMILES string of the molecule is CCCCCCCCCCCCOc1ccc(CN(C(=O)c2cccc[n+]2C)c2ccccc2)cc1C(C)(C)C.[I-]. The van der Waals surface area contributed by atoms with E-state index >= 15 is 0 Å². The van der Waals surface area contributed by atoms with Gasteiger partial charge in [-0.1, -0.05) is 110 Å². The van der Waals surface area contributed by atoms with Crippen molar-refractivity contribution in [2.24, 2.45) is 7.05 Å². The fraction of sp³-hybridized carbons (Fsp3) is 0.500. The minimum absolute atomic E-state index is 0. The minimum atomic E-state index is -0.0728. The van der Waals surface area contributed by atoms with Gasteiger partial charge in [0.05, 0.1) is 13.2 Å². The zero-order chi connectivity index (χ0) is 28.8. The Labute approximate surface area is 266 Å². The molecule has 3 rings (SSSR count). The van der Waals surface area contributed by atoms with Crippen LogP contribution in [-0.4, -0.2) is 12.5 Å². The van der Waals surface area contributed by atoms with Crippen LogP contribution >= 0.6 is 0 Å². The van der Waals surface area contributed by atoms with E-state index in [1.165, 1.54) is 63.4 Å². The van der Waals surface area contributed by atoms with E-state index in [1.807, 2.05) is 71.2 Å². The molecule has 0 aliphatic carbocycles. The highest BCUT2D eigenvalue weighted by Gasteiger charge is 2.26. The smallest absolute Gasteiger partial charge is 0.323 e. The lowest BCUT2D eigenvalue weighted by Crippen LogP contribution is -3.00. The summed E-state index contributed by atoms with van der Waals surface area (Å²) in [6.07, 6.45) is 15.1. The van der Waals surface area contributed by atoms with E-state index in [9.17, 15) is 4.79 Å². The standard InChI is InChI=1S/C36H51N2O2.HI/c1-6-7-8-9-10-11-12-13-14-20-27-40-34-25-24-30(28-32(34)36(2,3)4)29-38(31-21-16-15-17-22-31)35(39)33-23-18-19-26-37(33)5;/h15-19,21-26,28H,6-14,20,27,29H2,1-5H3;1H/q+1;/p-1. The first-order chi connectivity index (χ1) is 19.3. The molecule has 2 aromatic carbocycles. The first kappa shape index (κ1) is 34.8. The van der Waals surface area contributed by atoms with Gasteiger partial charge in [0.1, 0.15) is 12.8 Å². The first-order valence-electron chi connectivity index (χ1n) is 15.4. The third-order valence-electron chi connectivity index (χ3n) is 7.54. The van der Waals surface area contributed by atoms with Gasteiger partial charge < -0.3 is 28.7 Å². The molecule has 0 saturated carbocycles. The maximum absolute atomic E-state index is 13.7. The maximum Gasteiger partial charge on any atom is 0.323 e. The van der Waals surface area contributed by atoms with Gasteiger partial charge in [-0.05, 0) is 53.3 Å². The monoisotopic (exact) mass is 670 g/mol. The van der Waals surface area contributed by atoms with Crippen molar-refractivity contribution in [2.45, 2.75) is 104 Å². The van der Waals surface area contributed by atoms with Crippen molar-refractivity contribution in [3.05, 3.63) is 89.7 Å². The second-order valence-electron chi connectivity index (χ2n) is 12.0. The molecule has 1 amide bonds. The topological polar surface area (TPSA) is 33.4 Å². The number of hydrogen-bond acceptors (Lipinski definition) is 2. The van der Waals surface area contributed by atoms with Crippen molar-refractivity contribution in [3.63, 3.8) is 0 Å². The molecular formula is C36H51IN2O2. The van der Waals surface area contributed by atoms with Gasteiger partial charge in [-0.15, -0.1) is 0 Å². The van der Waals surface area contributed by atoms with Gasteiger partial charge in [-0.25, -0.2) is 0 Å². The number of carbonyl (C=O) groups excluding carboxylic acids is 1. The number of anilines is 1. The van der Waals surface area contributed by atoms with Crippen molar-refractivity contribution in [3.8, 4) is 5.75 Å². The van der Waals surface area contributed by atoms with Crippen molar-refractivity contribution in [2.75, 3.05) is 11.5 Å². The second kappa shape index (κ2) is 18.2. The molecule has 1 heterocycles. The van der Waals surface area contributed by atoms with E-state index in [2.05, 4.69) is 45.9 Å². The molecular weight excluding hydrogens is 619 g/mol. The van der Waals surface area contributed by atoms with E-state index in [0.717, 1.165) is 30.0 Å². The summed E-state index contributed by atoms with van der Waals surface area (Å²) in [5.41, 5.74) is 3.74. The Hall–Kier alpha value is -2.41. The summed E-state index contributed by atoms with van der Waals surface area (Å²) in [5, 5.41) is 0. The molecule has 4 nitrogen and oxygen atoms in total. The van der Waals surface area contributed by atoms with Crippen molar-refractivity contribution in [1.29, 1.82) is 0 Å². The fourth-order valence-corrected chi connectivity index (χ4v) is 5.11. The molecule has 0 unspecified atom stereocenters. The van der Waals surface area contributed by atoms with Crippen LogP contribution < -0.4 is 38.2 Å². The molecule has 0 aliphatic heterocycles. The summed E-state index contributed by atoms with van der Waals surface area (Å²) in [6.45, 7) is 10.2. The molecule has 0 bridgehead atoms. The molecule has 5 heteroatoms. The number of benzene rings is 2. The number of hydrogen-bond donors (Lipinski definition) is 0. The van der Waals surface area contributed by atoms with Gasteiger partial charge in [0, 0.05) is 17.8 Å². The summed E-state index contributed by atoms with van der Waals surface area (Å²) in [7, 11) is 1.91. The summed E-state index contributed by atoms with van der Waals surface area (Å²) in [4.78, 5) is 15.6. The van der Waals surface area contributed by atoms with Crippen molar-refractivity contribution >= 4 is 11.6 Å². The summed E-state index contributed by atoms with van der Waals surface area (Å²) in [6, 6.07) is 22.1. The molecule has 0 saturated heterocycles. The summed E-state index contributed by atoms with van der Waals surface area (Å²) < 4.78 is 8.21. The zero-order valence-corrected chi connectivity index (χ0v) is 28.2. The van der Waals surface area contributed by atoms with Gasteiger partial charge in [-0.3, -0.25) is 9.69 Å². The van der Waals surface area contributed by atoms with Crippen LogP contribution in [0.2, 0.25) is 0 Å². The van der Waals surface area contributed by atoms with Crippen molar-refractivity contribution in [1.82, 2.24) is 0 Å². The molecule has 1 aromatic heterocycles. The number of ether oxygens (including phenoxy) is 1. The Balaban J connectivity index is 0.00000588. The fourth-order valence-electron chi connectivity index (χ4n) is 5.11. The lowest BCUT2D eigenvalue weighted by molar-refractivity contribution is -0.673. The van der Waals surface area contributed by atoms with Crippen LogP contribution in [0.4, 0.5) is 5.69 Å². The molecule has 224 valence electrons. The van der Waals surface area contributed by atoms with Crippen LogP contribution in [0, 0.1) is 0 Å². The summed E-state index contributed by atoms with van der Waals surface area (Å²) >= 11 is 0. The number of unbranched alkanes of at least 4 members (excludes halogenated alkanes) is 9. The highest BCUT2D eigenvalue weighted by molar-refractivity contribution is 6.03. The van der Waals surface area contributed by atoms with E-state index in [0.29, 0.717) is 12.2 Å². The van der Waals surface area contributed by atoms with E-state index in [1.54, 1.807) is 0 Å². The highest BCUT2D eigenvalue weighted by atomic mass is 127. The van der Waals surface area contributed by atoms with Crippen LogP contribution in [0.1, 0.15) is 114 Å². The number of rotatable bonds is 16. The van der Waals surface area contributed by atoms with Gasteiger partial charge in [0.15, 0.2) is 6.20 Å². The van der Waals surface area contributed by atoms with Gasteiger partial charge in [0.2, 0.25) is 0 Å².